The Labute approximate surface area is 383 Å². The van der Waals surface area contributed by atoms with Gasteiger partial charge in [-0.05, 0) is 111 Å². The monoisotopic (exact) mass is 852 g/mol. The Morgan fingerprint density at radius 1 is 0.538 bits per heavy atom. The quantitative estimate of drug-likeness (QED) is 0.192. The molecule has 5 heteroatoms. The van der Waals surface area contributed by atoms with E-state index in [0.717, 1.165) is 67.0 Å². The van der Waals surface area contributed by atoms with Gasteiger partial charge >= 0.3 is 0 Å². The second-order valence-electron chi connectivity index (χ2n) is 21.9. The number of phenols is 1. The molecule has 1 aliphatic carbocycles. The van der Waals surface area contributed by atoms with Gasteiger partial charge in [-0.3, -0.25) is 9.13 Å². The molecular weight excluding hydrogens is 793 g/mol. The van der Waals surface area contributed by atoms with Crippen molar-refractivity contribution in [3.63, 3.8) is 0 Å². The van der Waals surface area contributed by atoms with Crippen LogP contribution in [-0.2, 0) is 16.2 Å². The van der Waals surface area contributed by atoms with Gasteiger partial charge in [0.05, 0.1) is 33.3 Å². The molecule has 2 aliphatic rings. The fourth-order valence-corrected chi connectivity index (χ4v) is 11.2. The maximum absolute atomic E-state index is 12.6. The fourth-order valence-electron chi connectivity index (χ4n) is 11.2. The summed E-state index contributed by atoms with van der Waals surface area (Å²) in [6, 6.07) is 46.9. The maximum atomic E-state index is 12.6. The van der Waals surface area contributed by atoms with Gasteiger partial charge in [-0.15, -0.1) is 0 Å². The van der Waals surface area contributed by atoms with Crippen LogP contribution >= 0.6 is 0 Å². The van der Waals surface area contributed by atoms with Crippen molar-refractivity contribution in [2.75, 3.05) is 0 Å². The number of benzene rings is 6. The van der Waals surface area contributed by atoms with E-state index in [2.05, 4.69) is 199 Å². The molecule has 2 atom stereocenters. The van der Waals surface area contributed by atoms with E-state index in [4.69, 9.17) is 9.97 Å². The number of pyridine rings is 1. The Hall–Kier alpha value is -6.46. The van der Waals surface area contributed by atoms with Crippen LogP contribution in [-0.4, -0.2) is 24.2 Å². The van der Waals surface area contributed by atoms with Gasteiger partial charge in [0, 0.05) is 33.7 Å². The van der Waals surface area contributed by atoms with Crippen molar-refractivity contribution < 1.29 is 5.11 Å². The number of rotatable bonds is 4. The summed E-state index contributed by atoms with van der Waals surface area (Å²) in [5.74, 6) is 2.98. The summed E-state index contributed by atoms with van der Waals surface area (Å²) < 4.78 is 4.79. The lowest BCUT2D eigenvalue weighted by atomic mass is 9.72. The van der Waals surface area contributed by atoms with Crippen LogP contribution in [0.4, 0.5) is 0 Å². The van der Waals surface area contributed by atoms with Crippen LogP contribution in [0.25, 0.3) is 78.0 Å². The molecule has 0 spiro atoms. The van der Waals surface area contributed by atoms with Crippen molar-refractivity contribution >= 4 is 32.8 Å². The minimum atomic E-state index is -0.313. The lowest BCUT2D eigenvalue weighted by Crippen LogP contribution is -2.17. The minimum absolute atomic E-state index is 0.0641. The highest BCUT2D eigenvalue weighted by Crippen LogP contribution is 2.52. The van der Waals surface area contributed by atoms with Gasteiger partial charge in [0.1, 0.15) is 17.4 Å². The molecule has 0 saturated heterocycles. The molecule has 11 rings (SSSR count). The highest BCUT2D eigenvalue weighted by Gasteiger charge is 2.36. The summed E-state index contributed by atoms with van der Waals surface area (Å²) in [5.41, 5.74) is 16.0. The zero-order valence-electron chi connectivity index (χ0n) is 39.4. The molecule has 0 amide bonds. The molecule has 1 fully saturated rings. The normalized spacial score (nSPS) is 16.5. The Morgan fingerprint density at radius 2 is 1.25 bits per heavy atom. The van der Waals surface area contributed by atoms with Gasteiger partial charge in [-0.1, -0.05) is 166 Å². The van der Waals surface area contributed by atoms with Crippen LogP contribution in [0, 0.1) is 0 Å². The molecule has 65 heavy (non-hydrogen) atoms. The van der Waals surface area contributed by atoms with E-state index in [1.165, 1.54) is 58.7 Å². The summed E-state index contributed by atoms with van der Waals surface area (Å²) in [6.07, 6.45) is 6.88. The number of imidazole rings is 1. The van der Waals surface area contributed by atoms with Gasteiger partial charge in [0.25, 0.3) is 0 Å². The lowest BCUT2D eigenvalue weighted by molar-refractivity contribution is 0.389. The molecule has 1 aliphatic heterocycles. The average molecular weight is 853 g/mol. The highest BCUT2D eigenvalue weighted by atomic mass is 16.3. The maximum Gasteiger partial charge on any atom is 0.149 e. The molecule has 0 radical (unpaired) electrons. The van der Waals surface area contributed by atoms with Gasteiger partial charge < -0.3 is 5.11 Å². The lowest BCUT2D eigenvalue weighted by Gasteiger charge is -2.31. The number of fused-ring (bicyclic) bond motifs is 9. The molecule has 0 bridgehead atoms. The minimum Gasteiger partial charge on any atom is -0.507 e. The first-order chi connectivity index (χ1) is 31.1. The highest BCUT2D eigenvalue weighted by molar-refractivity contribution is 6.12. The van der Waals surface area contributed by atoms with E-state index in [1.807, 2.05) is 6.20 Å². The van der Waals surface area contributed by atoms with E-state index in [0.29, 0.717) is 17.7 Å². The summed E-state index contributed by atoms with van der Waals surface area (Å²) >= 11 is 0. The third-order valence-electron chi connectivity index (χ3n) is 14.6. The van der Waals surface area contributed by atoms with Crippen LogP contribution in [0.15, 0.2) is 134 Å². The van der Waals surface area contributed by atoms with Crippen molar-refractivity contribution in [3.8, 4) is 50.9 Å². The van der Waals surface area contributed by atoms with Crippen molar-refractivity contribution in [2.45, 2.75) is 116 Å². The number of aromatic nitrogens is 4. The molecule has 3 aromatic heterocycles. The molecule has 6 aromatic carbocycles. The van der Waals surface area contributed by atoms with Gasteiger partial charge in [-0.25, -0.2) is 9.97 Å². The standard InChI is InChI=1S/C60H60N4O/c1-58(2,3)38-28-30-50(47(33-38)36-18-11-10-12-19-36)63-51-26-16-22-40(53(51)62-57(63)48-34-39(59(4,5)6)35-49(55(48)65)60(7,8)9)37-27-29-43-45-24-15-23-44-41-20-13-14-21-42(41)46-25-17-31-61-56(46)64(54(44)45)52(43)32-37/h10-12,15-19,22-35,41-42,65H,13-14,20-21H2,1-9H3. The number of aromatic hydroxyl groups is 1. The number of hydrogen-bond acceptors (Lipinski definition) is 3. The van der Waals surface area contributed by atoms with Crippen molar-refractivity contribution in [1.29, 1.82) is 0 Å². The van der Waals surface area contributed by atoms with E-state index in [1.54, 1.807) is 0 Å². The Bertz CT molecular complexity index is 3350. The number of hydrogen-bond donors (Lipinski definition) is 1. The van der Waals surface area contributed by atoms with E-state index >= 15 is 0 Å². The predicted octanol–water partition coefficient (Wildman–Crippen LogP) is 15.9. The van der Waals surface area contributed by atoms with Gasteiger partial charge in [-0.2, -0.15) is 0 Å². The number of para-hydroxylation sites is 2. The smallest absolute Gasteiger partial charge is 0.149 e. The van der Waals surface area contributed by atoms with Crippen LogP contribution in [0.3, 0.4) is 0 Å². The summed E-state index contributed by atoms with van der Waals surface area (Å²) in [6.45, 7) is 20.1. The van der Waals surface area contributed by atoms with Crippen molar-refractivity contribution in [3.05, 3.63) is 161 Å². The van der Waals surface area contributed by atoms with E-state index < -0.39 is 0 Å². The first-order valence-electron chi connectivity index (χ1n) is 23.7. The van der Waals surface area contributed by atoms with Gasteiger partial charge in [0.15, 0.2) is 0 Å². The third kappa shape index (κ3) is 6.64. The second-order valence-corrected chi connectivity index (χ2v) is 21.9. The van der Waals surface area contributed by atoms with Gasteiger partial charge in [0.2, 0.25) is 0 Å². The Kier molecular flexibility index (Phi) is 9.38. The SMILES string of the molecule is CC(C)(C)c1ccc(-n2c(-c3cc(C(C)(C)C)cc(C(C)(C)C)c3O)nc3c(-c4ccc5c6cccc7c6n(c5c4)-c4ncccc4C4CCCCC74)cccc32)c(-c2ccccc2)c1. The molecule has 1 N–H and O–H groups in total. The first-order valence-corrected chi connectivity index (χ1v) is 23.7. The second kappa shape index (κ2) is 14.8. The molecule has 326 valence electrons. The third-order valence-corrected chi connectivity index (χ3v) is 14.6. The van der Waals surface area contributed by atoms with Crippen molar-refractivity contribution in [2.24, 2.45) is 0 Å². The number of nitrogens with zero attached hydrogens (tertiary/aromatic N) is 4. The summed E-state index contributed by atoms with van der Waals surface area (Å²) in [5, 5.41) is 15.1. The molecule has 2 unspecified atom stereocenters. The summed E-state index contributed by atoms with van der Waals surface area (Å²) in [7, 11) is 0. The molecule has 1 saturated carbocycles. The molecule has 5 nitrogen and oxygen atoms in total. The molecule has 4 heterocycles. The average Bonchev–Trinajstić information content (AvgIpc) is 3.80. The molecule has 9 aromatic rings. The van der Waals surface area contributed by atoms with Crippen LogP contribution in [0.2, 0.25) is 0 Å². The molecular formula is C60H60N4O. The zero-order chi connectivity index (χ0) is 45.2. The van der Waals surface area contributed by atoms with Crippen LogP contribution < -0.4 is 0 Å². The zero-order valence-corrected chi connectivity index (χ0v) is 39.4. The largest absolute Gasteiger partial charge is 0.507 e. The number of phenolic OH excluding ortho intramolecular Hbond substituents is 1. The van der Waals surface area contributed by atoms with E-state index in [-0.39, 0.29) is 22.0 Å². The predicted molar refractivity (Wildman–Crippen MR) is 271 cm³/mol. The van der Waals surface area contributed by atoms with Crippen LogP contribution in [0.1, 0.15) is 128 Å². The van der Waals surface area contributed by atoms with Crippen molar-refractivity contribution in [1.82, 2.24) is 19.1 Å². The van der Waals surface area contributed by atoms with Crippen LogP contribution in [0.5, 0.6) is 5.75 Å². The summed E-state index contributed by atoms with van der Waals surface area (Å²) in [4.78, 5) is 10.9. The first kappa shape index (κ1) is 41.3. The fraction of sp³-hybridized carbons (Fsp3) is 0.300. The Morgan fingerprint density at radius 3 is 1.98 bits per heavy atom. The van der Waals surface area contributed by atoms with E-state index in [9.17, 15) is 5.11 Å². The topological polar surface area (TPSA) is 55.9 Å². The Balaban J connectivity index is 1.22.